The first-order chi connectivity index (χ1) is 11.8. The third-order valence-electron chi connectivity index (χ3n) is 5.45. The molecule has 0 saturated carbocycles. The van der Waals surface area contributed by atoms with Gasteiger partial charge in [-0.15, -0.1) is 0 Å². The third-order valence-corrected chi connectivity index (χ3v) is 5.45. The van der Waals surface area contributed by atoms with Crippen LogP contribution in [-0.2, 0) is 4.79 Å². The maximum atomic E-state index is 10.8. The predicted molar refractivity (Wildman–Crippen MR) is 105 cm³/mol. The number of carboxylic acids is 1. The van der Waals surface area contributed by atoms with Gasteiger partial charge in [0.2, 0.25) is 0 Å². The molecule has 0 bridgehead atoms. The maximum Gasteiger partial charge on any atom is 0.328 e. The number of rotatable bonds is 5. The van der Waals surface area contributed by atoms with E-state index < -0.39 is 5.97 Å². The number of aliphatic carboxylic acids is 1. The first-order valence-corrected chi connectivity index (χ1v) is 9.49. The first-order valence-electron chi connectivity index (χ1n) is 9.49. The van der Waals surface area contributed by atoms with Crippen LogP contribution in [0.4, 0.5) is 0 Å². The minimum absolute atomic E-state index is 0.269. The second-order valence-electron chi connectivity index (χ2n) is 8.08. The van der Waals surface area contributed by atoms with Crippen LogP contribution in [-0.4, -0.2) is 11.1 Å². The molecular formula is C23H32O2. The fraction of sp³-hybridized carbons (Fsp3) is 0.522. The lowest BCUT2D eigenvalue weighted by Gasteiger charge is -2.33. The van der Waals surface area contributed by atoms with E-state index in [2.05, 4.69) is 39.0 Å². The van der Waals surface area contributed by atoms with Crippen molar-refractivity contribution in [1.82, 2.24) is 0 Å². The lowest BCUT2D eigenvalue weighted by Crippen LogP contribution is -2.19. The Hall–Kier alpha value is -1.83. The Morgan fingerprint density at radius 2 is 1.64 bits per heavy atom. The fourth-order valence-electron chi connectivity index (χ4n) is 4.00. The zero-order valence-corrected chi connectivity index (χ0v) is 16.2. The quantitative estimate of drug-likeness (QED) is 0.456. The number of hydrogen-bond acceptors (Lipinski definition) is 1. The normalized spacial score (nSPS) is 22.3. The highest BCUT2D eigenvalue weighted by Crippen LogP contribution is 2.41. The van der Waals surface area contributed by atoms with E-state index in [9.17, 15) is 4.79 Å². The molecule has 0 fully saturated rings. The summed E-state index contributed by atoms with van der Waals surface area (Å²) in [5, 5.41) is 8.84. The number of hydrogen-bond donors (Lipinski definition) is 1. The zero-order valence-electron chi connectivity index (χ0n) is 16.2. The van der Waals surface area contributed by atoms with E-state index in [4.69, 9.17) is 5.11 Å². The topological polar surface area (TPSA) is 37.3 Å². The largest absolute Gasteiger partial charge is 0.478 e. The van der Waals surface area contributed by atoms with Crippen LogP contribution in [0, 0.1) is 5.41 Å². The van der Waals surface area contributed by atoms with Gasteiger partial charge in [-0.2, -0.15) is 0 Å². The Labute approximate surface area is 152 Å². The van der Waals surface area contributed by atoms with Gasteiger partial charge < -0.3 is 5.11 Å². The summed E-state index contributed by atoms with van der Waals surface area (Å²) in [5.74, 6) is -0.887. The molecule has 0 aromatic carbocycles. The molecule has 0 spiro atoms. The molecule has 0 aromatic heterocycles. The highest BCUT2D eigenvalue weighted by atomic mass is 16.4. The van der Waals surface area contributed by atoms with Crippen LogP contribution in [0.3, 0.4) is 0 Å². The monoisotopic (exact) mass is 340 g/mol. The second-order valence-corrected chi connectivity index (χ2v) is 8.08. The summed E-state index contributed by atoms with van der Waals surface area (Å²) in [5.41, 5.74) is 6.84. The van der Waals surface area contributed by atoms with E-state index in [1.54, 1.807) is 0 Å². The van der Waals surface area contributed by atoms with E-state index in [0.29, 0.717) is 0 Å². The van der Waals surface area contributed by atoms with Gasteiger partial charge in [0.15, 0.2) is 0 Å². The molecule has 2 aliphatic rings. The summed E-state index contributed by atoms with van der Waals surface area (Å²) < 4.78 is 0. The number of allylic oxidation sites excluding steroid dienone is 9. The van der Waals surface area contributed by atoms with Crippen LogP contribution in [0.25, 0.3) is 0 Å². The summed E-state index contributed by atoms with van der Waals surface area (Å²) in [6.07, 6.45) is 18.4. The molecule has 2 heteroatoms. The summed E-state index contributed by atoms with van der Waals surface area (Å²) in [7, 11) is 0. The van der Waals surface area contributed by atoms with Gasteiger partial charge in [0.1, 0.15) is 0 Å². The molecule has 136 valence electrons. The zero-order chi connectivity index (χ0) is 18.4. The molecule has 0 saturated heterocycles. The Morgan fingerprint density at radius 3 is 2.24 bits per heavy atom. The molecule has 0 unspecified atom stereocenters. The third kappa shape index (κ3) is 5.59. The van der Waals surface area contributed by atoms with Gasteiger partial charge in [0.25, 0.3) is 0 Å². The van der Waals surface area contributed by atoms with Crippen molar-refractivity contribution in [1.29, 1.82) is 0 Å². The van der Waals surface area contributed by atoms with Crippen LogP contribution in [0.5, 0.6) is 0 Å². The smallest absolute Gasteiger partial charge is 0.328 e. The van der Waals surface area contributed by atoms with Crippen molar-refractivity contribution >= 4 is 5.97 Å². The van der Waals surface area contributed by atoms with Crippen LogP contribution < -0.4 is 0 Å². The van der Waals surface area contributed by atoms with Crippen molar-refractivity contribution in [3.05, 3.63) is 58.2 Å². The van der Waals surface area contributed by atoms with Crippen molar-refractivity contribution in [3.63, 3.8) is 0 Å². The maximum absolute atomic E-state index is 10.8. The molecule has 0 aromatic rings. The van der Waals surface area contributed by atoms with E-state index in [1.807, 2.05) is 13.0 Å². The van der Waals surface area contributed by atoms with Gasteiger partial charge in [-0.25, -0.2) is 4.79 Å². The van der Waals surface area contributed by atoms with Gasteiger partial charge in [0, 0.05) is 6.08 Å². The van der Waals surface area contributed by atoms with E-state index in [0.717, 1.165) is 18.4 Å². The van der Waals surface area contributed by atoms with Gasteiger partial charge in [-0.1, -0.05) is 43.7 Å². The lowest BCUT2D eigenvalue weighted by atomic mass is 9.72. The summed E-state index contributed by atoms with van der Waals surface area (Å²) in [6, 6.07) is 0. The minimum Gasteiger partial charge on any atom is -0.478 e. The molecule has 0 atom stereocenters. The molecule has 0 radical (unpaired) electrons. The van der Waals surface area contributed by atoms with Crippen LogP contribution in [0.2, 0.25) is 0 Å². The van der Waals surface area contributed by atoms with Crippen LogP contribution >= 0.6 is 0 Å². The molecule has 25 heavy (non-hydrogen) atoms. The molecule has 0 aliphatic heterocycles. The molecule has 2 aliphatic carbocycles. The second kappa shape index (κ2) is 8.51. The van der Waals surface area contributed by atoms with E-state index in [-0.39, 0.29) is 5.41 Å². The lowest BCUT2D eigenvalue weighted by molar-refractivity contribution is -0.131. The number of carbonyl (C=O) groups is 1. The fourth-order valence-corrected chi connectivity index (χ4v) is 4.00. The van der Waals surface area contributed by atoms with Crippen molar-refractivity contribution in [3.8, 4) is 0 Å². The van der Waals surface area contributed by atoms with Crippen molar-refractivity contribution in [2.45, 2.75) is 72.6 Å². The molecular weight excluding hydrogens is 308 g/mol. The number of carboxylic acid groups (broad SMARTS) is 1. The van der Waals surface area contributed by atoms with Gasteiger partial charge in [-0.05, 0) is 86.5 Å². The summed E-state index contributed by atoms with van der Waals surface area (Å²) >= 11 is 0. The standard InChI is InChI=1S/C23H32O2/c1-17(16-22(24)25)11-12-19-9-5-6-10-20(19)13-14-21-18(2)8-7-15-23(21,3)4/h11-14,16H,5-10,15H2,1-4H3,(H,24,25)/b12-11+,14-13+,17-16+. The Bertz CT molecular complexity index is 666. The average Bonchev–Trinajstić information content (AvgIpc) is 2.52. The van der Waals surface area contributed by atoms with E-state index in [1.165, 1.54) is 60.5 Å². The van der Waals surface area contributed by atoms with Crippen molar-refractivity contribution in [2.24, 2.45) is 5.41 Å². The van der Waals surface area contributed by atoms with Gasteiger partial charge in [0.05, 0.1) is 0 Å². The Balaban J connectivity index is 2.26. The SMILES string of the molecule is CC1=C(/C=C/C2=C(/C=C/C(C)=C/C(=O)O)CCCC2)C(C)(C)CCC1. The van der Waals surface area contributed by atoms with Gasteiger partial charge in [-0.3, -0.25) is 0 Å². The van der Waals surface area contributed by atoms with Crippen LogP contribution in [0.1, 0.15) is 72.6 Å². The predicted octanol–water partition coefficient (Wildman–Crippen LogP) is 6.53. The highest BCUT2D eigenvalue weighted by Gasteiger charge is 2.26. The Morgan fingerprint density at radius 1 is 1.00 bits per heavy atom. The van der Waals surface area contributed by atoms with Crippen molar-refractivity contribution in [2.75, 3.05) is 0 Å². The molecule has 0 amide bonds. The summed E-state index contributed by atoms with van der Waals surface area (Å²) in [6.45, 7) is 8.82. The average molecular weight is 341 g/mol. The Kier molecular flexibility index (Phi) is 6.64. The van der Waals surface area contributed by atoms with E-state index >= 15 is 0 Å². The summed E-state index contributed by atoms with van der Waals surface area (Å²) in [4.78, 5) is 10.8. The first kappa shape index (κ1) is 19.5. The van der Waals surface area contributed by atoms with Crippen molar-refractivity contribution < 1.29 is 9.90 Å². The minimum atomic E-state index is -0.887. The van der Waals surface area contributed by atoms with Gasteiger partial charge >= 0.3 is 5.97 Å². The molecule has 2 rings (SSSR count). The molecule has 1 N–H and O–H groups in total. The molecule has 2 nitrogen and oxygen atoms in total. The highest BCUT2D eigenvalue weighted by molar-refractivity contribution is 5.81. The molecule has 0 heterocycles. The van der Waals surface area contributed by atoms with Crippen LogP contribution in [0.15, 0.2) is 58.2 Å².